The van der Waals surface area contributed by atoms with E-state index >= 15 is 0 Å². The molecule has 1 fully saturated rings. The molecule has 0 spiro atoms. The maximum Gasteiger partial charge on any atom is 0.330 e. The summed E-state index contributed by atoms with van der Waals surface area (Å²) in [5.41, 5.74) is -0.655. The number of H-pyrrole nitrogens is 1. The first kappa shape index (κ1) is 13.7. The van der Waals surface area contributed by atoms with Crippen LogP contribution in [0, 0.1) is 6.92 Å². The van der Waals surface area contributed by atoms with Crippen LogP contribution in [-0.4, -0.2) is 36.1 Å². The summed E-state index contributed by atoms with van der Waals surface area (Å²) in [4.78, 5) is 25.1. The highest BCUT2D eigenvalue weighted by Gasteiger charge is 2.38. The molecule has 1 saturated heterocycles. The zero-order chi connectivity index (χ0) is 13.4. The van der Waals surface area contributed by atoms with Crippen molar-refractivity contribution < 1.29 is 14.9 Å². The number of aromatic amines is 1. The fourth-order valence-corrected chi connectivity index (χ4v) is 2.54. The molecule has 100 valence electrons. The molecule has 1 aromatic heterocycles. The molecule has 0 aromatic carbocycles. The first-order valence-electron chi connectivity index (χ1n) is 5.38. The maximum absolute atomic E-state index is 11.6. The Balaban J connectivity index is 2.32. The van der Waals surface area contributed by atoms with Crippen LogP contribution in [0.2, 0.25) is 0 Å². The van der Waals surface area contributed by atoms with Gasteiger partial charge in [0.25, 0.3) is 5.56 Å². The molecule has 0 bridgehead atoms. The minimum absolute atomic E-state index is 0.191. The Kier molecular flexibility index (Phi) is 3.90. The van der Waals surface area contributed by atoms with Gasteiger partial charge in [0.15, 0.2) is 0 Å². The summed E-state index contributed by atoms with van der Waals surface area (Å²) in [6.07, 6.45) is -0.690. The number of alkyl halides is 1. The van der Waals surface area contributed by atoms with Gasteiger partial charge in [-0.3, -0.25) is 14.3 Å². The lowest BCUT2D eigenvalue weighted by Gasteiger charge is -2.17. The van der Waals surface area contributed by atoms with E-state index in [1.165, 1.54) is 10.8 Å². The molecule has 0 amide bonds. The van der Waals surface area contributed by atoms with Crippen LogP contribution in [0.1, 0.15) is 18.2 Å². The molecular formula is C10H13IN2O5. The highest BCUT2D eigenvalue weighted by Crippen LogP contribution is 2.30. The molecule has 2 rings (SSSR count). The van der Waals surface area contributed by atoms with Crippen molar-refractivity contribution in [2.24, 2.45) is 0 Å². The van der Waals surface area contributed by atoms with Gasteiger partial charge >= 0.3 is 5.69 Å². The van der Waals surface area contributed by atoms with Crippen molar-refractivity contribution in [3.05, 3.63) is 32.6 Å². The Morgan fingerprint density at radius 1 is 1.61 bits per heavy atom. The standard InChI is InChI=1S/C10H13IN2O5/c1-4-3-13(10(17)12-9(4)16)6-2-5(14)7(18-6)8(11)15/h3,5-8,14-15H,2H2,1H3,(H,12,16,17)/t5-,6?,7-,8?/m0/s1. The topological polar surface area (TPSA) is 105 Å². The summed E-state index contributed by atoms with van der Waals surface area (Å²) in [7, 11) is 0. The van der Waals surface area contributed by atoms with Gasteiger partial charge in [0, 0.05) is 18.2 Å². The van der Waals surface area contributed by atoms with Crippen molar-refractivity contribution in [3.63, 3.8) is 0 Å². The van der Waals surface area contributed by atoms with E-state index in [2.05, 4.69) is 4.98 Å². The Bertz CT molecular complexity index is 552. The molecule has 0 radical (unpaired) electrons. The minimum Gasteiger partial charge on any atom is -0.390 e. The molecule has 1 aromatic rings. The molecule has 2 unspecified atom stereocenters. The Hall–Kier alpha value is -0.710. The number of aromatic nitrogens is 2. The smallest absolute Gasteiger partial charge is 0.330 e. The van der Waals surface area contributed by atoms with Gasteiger partial charge in [0.2, 0.25) is 0 Å². The van der Waals surface area contributed by atoms with Crippen molar-refractivity contribution >= 4 is 22.6 Å². The first-order chi connectivity index (χ1) is 8.40. The van der Waals surface area contributed by atoms with E-state index in [4.69, 9.17) is 4.74 Å². The summed E-state index contributed by atoms with van der Waals surface area (Å²) >= 11 is 1.74. The van der Waals surface area contributed by atoms with Gasteiger partial charge in [-0.15, -0.1) is 0 Å². The van der Waals surface area contributed by atoms with E-state index in [0.29, 0.717) is 5.56 Å². The lowest BCUT2D eigenvalue weighted by molar-refractivity contribution is -0.0517. The van der Waals surface area contributed by atoms with Gasteiger partial charge in [-0.05, 0) is 29.5 Å². The van der Waals surface area contributed by atoms with Crippen molar-refractivity contribution in [2.45, 2.75) is 35.9 Å². The molecule has 3 N–H and O–H groups in total. The van der Waals surface area contributed by atoms with E-state index < -0.39 is 33.8 Å². The predicted molar refractivity (Wildman–Crippen MR) is 70.6 cm³/mol. The third-order valence-electron chi connectivity index (χ3n) is 2.86. The largest absolute Gasteiger partial charge is 0.390 e. The molecule has 7 nitrogen and oxygen atoms in total. The van der Waals surface area contributed by atoms with Crippen LogP contribution in [0.25, 0.3) is 0 Å². The number of ether oxygens (including phenoxy) is 1. The van der Waals surface area contributed by atoms with Gasteiger partial charge in [-0.25, -0.2) is 4.79 Å². The number of hydrogen-bond donors (Lipinski definition) is 3. The van der Waals surface area contributed by atoms with Gasteiger partial charge in [0.05, 0.1) is 6.10 Å². The van der Waals surface area contributed by atoms with Gasteiger partial charge < -0.3 is 14.9 Å². The zero-order valence-electron chi connectivity index (χ0n) is 9.54. The number of aliphatic hydroxyl groups excluding tert-OH is 2. The molecule has 0 aliphatic carbocycles. The number of halogens is 1. The summed E-state index contributed by atoms with van der Waals surface area (Å²) in [5.74, 6) is 0. The Morgan fingerprint density at radius 2 is 2.28 bits per heavy atom. The van der Waals surface area contributed by atoms with Gasteiger partial charge in [0.1, 0.15) is 16.4 Å². The predicted octanol–water partition coefficient (Wildman–Crippen LogP) is -0.753. The van der Waals surface area contributed by atoms with Crippen molar-refractivity contribution in [1.29, 1.82) is 0 Å². The van der Waals surface area contributed by atoms with Gasteiger partial charge in [-0.1, -0.05) is 0 Å². The highest BCUT2D eigenvalue weighted by atomic mass is 127. The lowest BCUT2D eigenvalue weighted by Crippen LogP contribution is -2.34. The van der Waals surface area contributed by atoms with Crippen LogP contribution in [0.3, 0.4) is 0 Å². The Morgan fingerprint density at radius 3 is 2.83 bits per heavy atom. The van der Waals surface area contributed by atoms with Crippen molar-refractivity contribution in [2.75, 3.05) is 0 Å². The second kappa shape index (κ2) is 5.11. The number of aliphatic hydroxyl groups is 2. The lowest BCUT2D eigenvalue weighted by atomic mass is 10.2. The summed E-state index contributed by atoms with van der Waals surface area (Å²) in [6, 6.07) is 0. The number of rotatable bonds is 2. The van der Waals surface area contributed by atoms with E-state index in [1.807, 2.05) is 0 Å². The SMILES string of the molecule is Cc1cn(C2C[C@H](O)[C@@H](C(O)I)O2)c(=O)[nH]c1=O. The van der Waals surface area contributed by atoms with E-state index in [-0.39, 0.29) is 6.42 Å². The molecule has 8 heteroatoms. The summed E-state index contributed by atoms with van der Waals surface area (Å²) in [5, 5.41) is 19.1. The van der Waals surface area contributed by atoms with Crippen LogP contribution < -0.4 is 11.2 Å². The molecule has 4 atom stereocenters. The number of nitrogens with one attached hydrogen (secondary N) is 1. The second-order valence-corrected chi connectivity index (χ2v) is 5.49. The average molecular weight is 368 g/mol. The average Bonchev–Trinajstić information content (AvgIpc) is 2.65. The van der Waals surface area contributed by atoms with E-state index in [1.54, 1.807) is 29.5 Å². The first-order valence-corrected chi connectivity index (χ1v) is 6.62. The zero-order valence-corrected chi connectivity index (χ0v) is 11.7. The molecule has 1 aliphatic heterocycles. The van der Waals surface area contributed by atoms with Crippen LogP contribution in [0.5, 0.6) is 0 Å². The maximum atomic E-state index is 11.6. The molecule has 1 aliphatic rings. The third-order valence-corrected chi connectivity index (χ3v) is 3.57. The molecule has 2 heterocycles. The van der Waals surface area contributed by atoms with Crippen molar-refractivity contribution in [1.82, 2.24) is 9.55 Å². The summed E-state index contributed by atoms with van der Waals surface area (Å²) in [6.45, 7) is 1.57. The van der Waals surface area contributed by atoms with E-state index in [9.17, 15) is 19.8 Å². The van der Waals surface area contributed by atoms with Crippen molar-refractivity contribution in [3.8, 4) is 0 Å². The Labute approximate surface area is 116 Å². The fourth-order valence-electron chi connectivity index (χ4n) is 1.90. The second-order valence-electron chi connectivity index (χ2n) is 4.21. The quantitative estimate of drug-likeness (QED) is 0.471. The summed E-state index contributed by atoms with van der Waals surface area (Å²) < 4.78 is 5.79. The van der Waals surface area contributed by atoms with Crippen LogP contribution in [-0.2, 0) is 4.74 Å². The van der Waals surface area contributed by atoms with Crippen LogP contribution in [0.4, 0.5) is 0 Å². The minimum atomic E-state index is -0.859. The molecule has 18 heavy (non-hydrogen) atoms. The molecule has 0 saturated carbocycles. The van der Waals surface area contributed by atoms with Crippen LogP contribution in [0.15, 0.2) is 15.8 Å². The van der Waals surface area contributed by atoms with Gasteiger partial charge in [-0.2, -0.15) is 0 Å². The normalized spacial score (nSPS) is 29.4. The van der Waals surface area contributed by atoms with Crippen LogP contribution >= 0.6 is 22.6 Å². The van der Waals surface area contributed by atoms with E-state index in [0.717, 1.165) is 0 Å². The fraction of sp³-hybridized carbons (Fsp3) is 0.600. The highest BCUT2D eigenvalue weighted by molar-refractivity contribution is 14.1. The third kappa shape index (κ3) is 2.51. The monoisotopic (exact) mass is 368 g/mol. The number of nitrogens with zero attached hydrogens (tertiary/aromatic N) is 1. The number of hydrogen-bond acceptors (Lipinski definition) is 5. The number of aryl methyl sites for hydroxylation is 1. The molecular weight excluding hydrogens is 355 g/mol.